The van der Waals surface area contributed by atoms with Crippen LogP contribution in [0, 0.1) is 6.92 Å². The Kier molecular flexibility index (Phi) is 6.29. The molecule has 0 aliphatic rings. The van der Waals surface area contributed by atoms with Gasteiger partial charge in [0.2, 0.25) is 0 Å². The molecule has 29 heavy (non-hydrogen) atoms. The summed E-state index contributed by atoms with van der Waals surface area (Å²) in [5.74, 6) is 0.129. The highest BCUT2D eigenvalue weighted by molar-refractivity contribution is 7.91. The molecule has 148 valence electrons. The molecule has 0 spiro atoms. The van der Waals surface area contributed by atoms with Gasteiger partial charge in [0.1, 0.15) is 5.75 Å². The number of ether oxygens (including phenoxy) is 1. The molecule has 3 aromatic carbocycles. The highest BCUT2D eigenvalue weighted by Crippen LogP contribution is 2.23. The monoisotopic (exact) mass is 406 g/mol. The van der Waals surface area contributed by atoms with Gasteiger partial charge in [0.15, 0.2) is 15.6 Å². The molecule has 0 aromatic heterocycles. The van der Waals surface area contributed by atoms with Crippen molar-refractivity contribution in [2.45, 2.75) is 11.8 Å². The third-order valence-corrected chi connectivity index (χ3v) is 6.23. The van der Waals surface area contributed by atoms with E-state index < -0.39 is 9.84 Å². The lowest BCUT2D eigenvalue weighted by atomic mass is 10.0. The Labute approximate surface area is 171 Å². The predicted molar refractivity (Wildman–Crippen MR) is 115 cm³/mol. The molecule has 0 fully saturated rings. The van der Waals surface area contributed by atoms with Gasteiger partial charge < -0.3 is 4.74 Å². The van der Waals surface area contributed by atoms with Gasteiger partial charge in [-0.3, -0.25) is 4.79 Å². The first-order valence-electron chi connectivity index (χ1n) is 9.13. The number of ketones is 1. The van der Waals surface area contributed by atoms with Crippen molar-refractivity contribution in [1.82, 2.24) is 0 Å². The minimum Gasteiger partial charge on any atom is -0.497 e. The molecule has 3 rings (SSSR count). The summed E-state index contributed by atoms with van der Waals surface area (Å²) < 4.78 is 31.0. The summed E-state index contributed by atoms with van der Waals surface area (Å²) in [6.07, 6.45) is 1.41. The zero-order chi connectivity index (χ0) is 20.9. The van der Waals surface area contributed by atoms with Crippen molar-refractivity contribution in [2.75, 3.05) is 12.9 Å². The molecule has 0 radical (unpaired) electrons. The maximum Gasteiger partial charge on any atom is 0.186 e. The Morgan fingerprint density at radius 1 is 0.862 bits per heavy atom. The summed E-state index contributed by atoms with van der Waals surface area (Å²) in [4.78, 5) is 13.0. The van der Waals surface area contributed by atoms with Gasteiger partial charge in [-0.1, -0.05) is 48.0 Å². The van der Waals surface area contributed by atoms with Crippen molar-refractivity contribution in [3.8, 4) is 5.75 Å². The molecule has 4 nitrogen and oxygen atoms in total. The van der Waals surface area contributed by atoms with Crippen molar-refractivity contribution in [3.05, 3.63) is 102 Å². The molecule has 0 bridgehead atoms. The van der Waals surface area contributed by atoms with Crippen molar-refractivity contribution in [2.24, 2.45) is 0 Å². The maximum absolute atomic E-state index is 12.9. The maximum atomic E-state index is 12.9. The van der Waals surface area contributed by atoms with Gasteiger partial charge in [0.05, 0.1) is 17.8 Å². The van der Waals surface area contributed by atoms with E-state index in [0.717, 1.165) is 5.56 Å². The van der Waals surface area contributed by atoms with Crippen LogP contribution in [0.3, 0.4) is 0 Å². The van der Waals surface area contributed by atoms with Gasteiger partial charge in [0.25, 0.3) is 0 Å². The zero-order valence-corrected chi connectivity index (χ0v) is 17.1. The van der Waals surface area contributed by atoms with E-state index in [1.54, 1.807) is 61.7 Å². The minimum absolute atomic E-state index is 0.231. The Morgan fingerprint density at radius 3 is 2.03 bits per heavy atom. The van der Waals surface area contributed by atoms with Crippen molar-refractivity contribution in [1.29, 1.82) is 0 Å². The second kappa shape index (κ2) is 8.88. The number of carbonyl (C=O) groups is 1. The molecule has 0 N–H and O–H groups in total. The van der Waals surface area contributed by atoms with Gasteiger partial charge in [0, 0.05) is 5.56 Å². The van der Waals surface area contributed by atoms with E-state index in [2.05, 4.69) is 0 Å². The fourth-order valence-electron chi connectivity index (χ4n) is 2.89. The van der Waals surface area contributed by atoms with E-state index in [1.807, 2.05) is 31.2 Å². The first-order valence-corrected chi connectivity index (χ1v) is 10.8. The quantitative estimate of drug-likeness (QED) is 0.420. The van der Waals surface area contributed by atoms with E-state index in [1.165, 1.54) is 6.08 Å². The fraction of sp³-hybridized carbons (Fsp3) is 0.125. The lowest BCUT2D eigenvalue weighted by Crippen LogP contribution is -2.10. The topological polar surface area (TPSA) is 60.4 Å². The number of sulfone groups is 1. The van der Waals surface area contributed by atoms with Gasteiger partial charge in [-0.25, -0.2) is 8.42 Å². The molecule has 0 saturated heterocycles. The summed E-state index contributed by atoms with van der Waals surface area (Å²) in [5.41, 5.74) is 2.68. The Hall–Kier alpha value is -3.18. The summed E-state index contributed by atoms with van der Waals surface area (Å²) in [7, 11) is -2.04. The molecule has 0 aliphatic carbocycles. The van der Waals surface area contributed by atoms with Crippen LogP contribution < -0.4 is 4.74 Å². The third kappa shape index (κ3) is 5.21. The van der Waals surface area contributed by atoms with E-state index in [-0.39, 0.29) is 16.4 Å². The normalized spacial score (nSPS) is 11.9. The van der Waals surface area contributed by atoms with Crippen LogP contribution in [0.15, 0.2) is 89.8 Å². The molecule has 0 saturated carbocycles. The Morgan fingerprint density at radius 2 is 1.45 bits per heavy atom. The molecule has 0 amide bonds. The van der Waals surface area contributed by atoms with Crippen LogP contribution in [0.1, 0.15) is 21.5 Å². The number of carbonyl (C=O) groups excluding carboxylic acids is 1. The van der Waals surface area contributed by atoms with Crippen molar-refractivity contribution >= 4 is 21.2 Å². The molecule has 0 aliphatic heterocycles. The Bertz CT molecular complexity index is 1110. The summed E-state index contributed by atoms with van der Waals surface area (Å²) in [6.45, 7) is 1.95. The molecular formula is C24H22O4S. The van der Waals surface area contributed by atoms with Gasteiger partial charge in [-0.2, -0.15) is 0 Å². The van der Waals surface area contributed by atoms with Crippen molar-refractivity contribution in [3.63, 3.8) is 0 Å². The second-order valence-corrected chi connectivity index (χ2v) is 8.69. The molecule has 5 heteroatoms. The van der Waals surface area contributed by atoms with Gasteiger partial charge >= 0.3 is 0 Å². The standard InChI is InChI=1S/C24H22O4S/c1-18-8-10-19(11-9-18)21(17-29(26,27)23-6-4-3-5-7-23)16-24(25)20-12-14-22(28-2)15-13-20/h3-16H,17H2,1-2H3/b21-16-. The molecule has 3 aromatic rings. The number of methoxy groups -OCH3 is 1. The fourth-order valence-corrected chi connectivity index (χ4v) is 4.29. The predicted octanol–water partition coefficient (Wildman–Crippen LogP) is 4.74. The third-order valence-electron chi connectivity index (χ3n) is 4.55. The number of allylic oxidation sites excluding steroid dienone is 1. The number of benzene rings is 3. The van der Waals surface area contributed by atoms with Gasteiger partial charge in [-0.05, 0) is 60.5 Å². The van der Waals surface area contributed by atoms with Crippen LogP contribution in [0.4, 0.5) is 0 Å². The summed E-state index contributed by atoms with van der Waals surface area (Å²) in [5, 5.41) is 0. The lowest BCUT2D eigenvalue weighted by Gasteiger charge is -2.10. The highest BCUT2D eigenvalue weighted by Gasteiger charge is 2.19. The molecule has 0 unspecified atom stereocenters. The highest BCUT2D eigenvalue weighted by atomic mass is 32.2. The number of hydrogen-bond donors (Lipinski definition) is 0. The van der Waals surface area contributed by atoms with Crippen LogP contribution in [0.25, 0.3) is 5.57 Å². The van der Waals surface area contributed by atoms with E-state index in [0.29, 0.717) is 22.4 Å². The average molecular weight is 407 g/mol. The van der Waals surface area contributed by atoms with Crippen molar-refractivity contribution < 1.29 is 17.9 Å². The minimum atomic E-state index is -3.60. The number of rotatable bonds is 7. The lowest BCUT2D eigenvalue weighted by molar-refractivity contribution is 0.104. The Balaban J connectivity index is 1.99. The first-order chi connectivity index (χ1) is 13.9. The van der Waals surface area contributed by atoms with E-state index >= 15 is 0 Å². The van der Waals surface area contributed by atoms with Crippen LogP contribution in [0.2, 0.25) is 0 Å². The molecular weight excluding hydrogens is 384 g/mol. The van der Waals surface area contributed by atoms with Crippen LogP contribution in [-0.4, -0.2) is 27.1 Å². The SMILES string of the molecule is COc1ccc(C(=O)/C=C(/CS(=O)(=O)c2ccccc2)c2ccc(C)cc2)cc1. The summed E-state index contributed by atoms with van der Waals surface area (Å²) in [6, 6.07) is 22.5. The van der Waals surface area contributed by atoms with Crippen LogP contribution >= 0.6 is 0 Å². The molecule has 0 heterocycles. The zero-order valence-electron chi connectivity index (χ0n) is 16.3. The van der Waals surface area contributed by atoms with E-state index in [9.17, 15) is 13.2 Å². The van der Waals surface area contributed by atoms with E-state index in [4.69, 9.17) is 4.74 Å². The smallest absolute Gasteiger partial charge is 0.186 e. The first kappa shape index (κ1) is 20.6. The summed E-state index contributed by atoms with van der Waals surface area (Å²) >= 11 is 0. The number of hydrogen-bond acceptors (Lipinski definition) is 4. The second-order valence-electron chi connectivity index (χ2n) is 6.70. The largest absolute Gasteiger partial charge is 0.497 e. The number of aryl methyl sites for hydroxylation is 1. The van der Waals surface area contributed by atoms with Gasteiger partial charge in [-0.15, -0.1) is 0 Å². The van der Waals surface area contributed by atoms with Crippen LogP contribution in [0.5, 0.6) is 5.75 Å². The molecule has 0 atom stereocenters. The van der Waals surface area contributed by atoms with Crippen LogP contribution in [-0.2, 0) is 9.84 Å². The average Bonchev–Trinajstić information content (AvgIpc) is 2.74.